The van der Waals surface area contributed by atoms with Crippen molar-refractivity contribution in [2.24, 2.45) is 0 Å². The molecule has 1 atom stereocenters. The summed E-state index contributed by atoms with van der Waals surface area (Å²) in [5, 5.41) is 7.36. The molecule has 0 bridgehead atoms. The summed E-state index contributed by atoms with van der Waals surface area (Å²) in [7, 11) is -2.37. The molecule has 1 aromatic heterocycles. The number of hydrogen-bond acceptors (Lipinski definition) is 5. The summed E-state index contributed by atoms with van der Waals surface area (Å²) in [5.74, 6) is -0.0914. The first kappa shape index (κ1) is 22.8. The van der Waals surface area contributed by atoms with Gasteiger partial charge in [0.05, 0.1) is 35.5 Å². The van der Waals surface area contributed by atoms with Gasteiger partial charge in [-0.1, -0.05) is 18.2 Å². The monoisotopic (exact) mass is 468 g/mol. The number of rotatable bonds is 7. The molecular weight excluding hydrogens is 440 g/mol. The van der Waals surface area contributed by atoms with E-state index in [0.717, 1.165) is 17.0 Å². The second kappa shape index (κ2) is 8.90. The van der Waals surface area contributed by atoms with Crippen molar-refractivity contribution in [3.8, 4) is 5.75 Å². The van der Waals surface area contributed by atoms with Crippen LogP contribution in [0.4, 0.5) is 5.69 Å². The fourth-order valence-electron chi connectivity index (χ4n) is 4.18. The summed E-state index contributed by atoms with van der Waals surface area (Å²) in [4.78, 5) is 13.1. The van der Waals surface area contributed by atoms with E-state index in [0.29, 0.717) is 30.9 Å². The van der Waals surface area contributed by atoms with Crippen molar-refractivity contribution < 1.29 is 17.9 Å². The molecule has 1 aliphatic rings. The topological polar surface area (TPSA) is 93.5 Å². The maximum absolute atomic E-state index is 13.4. The zero-order valence-electron chi connectivity index (χ0n) is 19.2. The molecule has 1 N–H and O–H groups in total. The van der Waals surface area contributed by atoms with E-state index >= 15 is 0 Å². The van der Waals surface area contributed by atoms with Crippen LogP contribution in [0.25, 0.3) is 0 Å². The molecule has 2 heterocycles. The van der Waals surface area contributed by atoms with E-state index in [1.807, 2.05) is 49.7 Å². The number of carbonyl (C=O) groups excluding carboxylic acids is 1. The predicted octanol–water partition coefficient (Wildman–Crippen LogP) is 3.08. The van der Waals surface area contributed by atoms with E-state index in [9.17, 15) is 13.2 Å². The van der Waals surface area contributed by atoms with Gasteiger partial charge in [0, 0.05) is 18.3 Å². The van der Waals surface area contributed by atoms with Crippen LogP contribution < -0.4 is 14.4 Å². The Morgan fingerprint density at radius 2 is 1.94 bits per heavy atom. The van der Waals surface area contributed by atoms with E-state index in [2.05, 4.69) is 10.4 Å². The van der Waals surface area contributed by atoms with E-state index in [1.165, 1.54) is 29.6 Å². The summed E-state index contributed by atoms with van der Waals surface area (Å²) in [6.07, 6.45) is 0.655. The highest BCUT2D eigenvalue weighted by Gasteiger charge is 2.31. The summed E-state index contributed by atoms with van der Waals surface area (Å²) in [5.41, 5.74) is 3.76. The molecule has 0 spiro atoms. The Hall–Kier alpha value is -3.33. The molecule has 0 fully saturated rings. The highest BCUT2D eigenvalue weighted by molar-refractivity contribution is 7.92. The number of ether oxygens (including phenoxy) is 1. The minimum Gasteiger partial charge on any atom is -0.496 e. The molecular formula is C24H28N4O4S. The third kappa shape index (κ3) is 4.45. The highest BCUT2D eigenvalue weighted by atomic mass is 32.2. The molecule has 4 rings (SSSR count). The Kier molecular flexibility index (Phi) is 6.16. The number of sulfonamides is 1. The zero-order valence-corrected chi connectivity index (χ0v) is 20.0. The smallest absolute Gasteiger partial charge is 0.264 e. The fourth-order valence-corrected chi connectivity index (χ4v) is 5.71. The maximum atomic E-state index is 13.4. The van der Waals surface area contributed by atoms with E-state index < -0.39 is 15.9 Å². The first-order chi connectivity index (χ1) is 15.7. The molecule has 1 aliphatic heterocycles. The second-order valence-corrected chi connectivity index (χ2v) is 10.2. The Morgan fingerprint density at radius 1 is 1.18 bits per heavy atom. The number of amides is 1. The Balaban J connectivity index is 1.59. The normalized spacial score (nSPS) is 14.1. The molecule has 3 aromatic rings. The SMILES string of the molecule is COc1ccc(S(=O)(=O)N2CCc3ccccc32)cc1C(=O)N[C@@H](C)Cn1nc(C)cc1C. The van der Waals surface area contributed by atoms with Crippen LogP contribution in [0.5, 0.6) is 5.75 Å². The fraction of sp³-hybridized carbons (Fsp3) is 0.333. The van der Waals surface area contributed by atoms with Crippen LogP contribution in [-0.4, -0.2) is 43.8 Å². The number of aromatic nitrogens is 2. The third-order valence-electron chi connectivity index (χ3n) is 5.78. The average molecular weight is 469 g/mol. The molecule has 0 saturated heterocycles. The van der Waals surface area contributed by atoms with Crippen LogP contribution in [0.15, 0.2) is 53.4 Å². The number of nitrogens with zero attached hydrogens (tertiary/aromatic N) is 3. The second-order valence-electron chi connectivity index (χ2n) is 8.30. The van der Waals surface area contributed by atoms with Gasteiger partial charge in [-0.25, -0.2) is 8.42 Å². The van der Waals surface area contributed by atoms with Crippen molar-refractivity contribution in [3.05, 3.63) is 71.0 Å². The number of methoxy groups -OCH3 is 1. The largest absolute Gasteiger partial charge is 0.496 e. The van der Waals surface area contributed by atoms with Crippen LogP contribution in [-0.2, 0) is 23.0 Å². The van der Waals surface area contributed by atoms with Gasteiger partial charge in [0.1, 0.15) is 5.75 Å². The van der Waals surface area contributed by atoms with Crippen molar-refractivity contribution in [1.82, 2.24) is 15.1 Å². The average Bonchev–Trinajstić information content (AvgIpc) is 3.36. The minimum absolute atomic E-state index is 0.0522. The molecule has 0 saturated carbocycles. The van der Waals surface area contributed by atoms with Gasteiger partial charge in [-0.15, -0.1) is 0 Å². The number of para-hydroxylation sites is 1. The Morgan fingerprint density at radius 3 is 2.64 bits per heavy atom. The predicted molar refractivity (Wildman–Crippen MR) is 126 cm³/mol. The van der Waals surface area contributed by atoms with Gasteiger partial charge in [0.25, 0.3) is 15.9 Å². The Bertz CT molecular complexity index is 1300. The van der Waals surface area contributed by atoms with Crippen molar-refractivity contribution >= 4 is 21.6 Å². The summed E-state index contributed by atoms with van der Waals surface area (Å²) >= 11 is 0. The number of nitrogens with one attached hydrogen (secondary N) is 1. The van der Waals surface area contributed by atoms with Crippen molar-refractivity contribution in [3.63, 3.8) is 0 Å². The molecule has 0 radical (unpaired) electrons. The van der Waals surface area contributed by atoms with Crippen molar-refractivity contribution in [2.75, 3.05) is 18.0 Å². The lowest BCUT2D eigenvalue weighted by Crippen LogP contribution is -2.36. The number of carbonyl (C=O) groups is 1. The van der Waals surface area contributed by atoms with Crippen LogP contribution in [0.1, 0.15) is 34.2 Å². The van der Waals surface area contributed by atoms with E-state index in [4.69, 9.17) is 4.74 Å². The molecule has 0 aliphatic carbocycles. The van der Waals surface area contributed by atoms with E-state index in [1.54, 1.807) is 6.07 Å². The molecule has 33 heavy (non-hydrogen) atoms. The zero-order chi connectivity index (χ0) is 23.8. The standard InChI is InChI=1S/C24H28N4O4S/c1-16-13-18(3)27(26-16)15-17(2)25-24(29)21-14-20(9-10-23(21)32-4)33(30,31)28-12-11-19-7-5-6-8-22(19)28/h5-10,13-14,17H,11-12,15H2,1-4H3,(H,25,29)/t17-/m0/s1. The van der Waals surface area contributed by atoms with Crippen LogP contribution >= 0.6 is 0 Å². The van der Waals surface area contributed by atoms with Crippen LogP contribution in [0.2, 0.25) is 0 Å². The van der Waals surface area contributed by atoms with Gasteiger partial charge in [-0.05, 0) is 63.1 Å². The van der Waals surface area contributed by atoms with Gasteiger partial charge in [-0.3, -0.25) is 13.8 Å². The molecule has 2 aromatic carbocycles. The number of hydrogen-bond donors (Lipinski definition) is 1. The summed E-state index contributed by atoms with van der Waals surface area (Å²) < 4.78 is 35.4. The lowest BCUT2D eigenvalue weighted by molar-refractivity contribution is 0.0932. The number of anilines is 1. The molecule has 174 valence electrons. The first-order valence-corrected chi connectivity index (χ1v) is 12.3. The maximum Gasteiger partial charge on any atom is 0.264 e. The van der Waals surface area contributed by atoms with Crippen LogP contribution in [0.3, 0.4) is 0 Å². The number of benzene rings is 2. The lowest BCUT2D eigenvalue weighted by Gasteiger charge is -2.21. The minimum atomic E-state index is -3.83. The van der Waals surface area contributed by atoms with Gasteiger partial charge >= 0.3 is 0 Å². The quantitative estimate of drug-likeness (QED) is 0.575. The summed E-state index contributed by atoms with van der Waals surface area (Å²) in [6.45, 7) is 6.62. The number of fused-ring (bicyclic) bond motifs is 1. The van der Waals surface area contributed by atoms with E-state index in [-0.39, 0.29) is 16.5 Å². The van der Waals surface area contributed by atoms with Crippen LogP contribution in [0, 0.1) is 13.8 Å². The van der Waals surface area contributed by atoms with Gasteiger partial charge < -0.3 is 10.1 Å². The first-order valence-electron chi connectivity index (χ1n) is 10.8. The third-order valence-corrected chi connectivity index (χ3v) is 7.58. The van der Waals surface area contributed by atoms with Gasteiger partial charge in [-0.2, -0.15) is 5.10 Å². The number of aryl methyl sites for hydroxylation is 2. The highest BCUT2D eigenvalue weighted by Crippen LogP contribution is 2.34. The van der Waals surface area contributed by atoms with Gasteiger partial charge in [0.15, 0.2) is 0 Å². The van der Waals surface area contributed by atoms with Gasteiger partial charge in [0.2, 0.25) is 0 Å². The molecule has 9 heteroatoms. The lowest BCUT2D eigenvalue weighted by atomic mass is 10.1. The summed E-state index contributed by atoms with van der Waals surface area (Å²) in [6, 6.07) is 13.6. The molecule has 0 unspecified atom stereocenters. The van der Waals surface area contributed by atoms with Crippen molar-refractivity contribution in [1.29, 1.82) is 0 Å². The van der Waals surface area contributed by atoms with Crippen molar-refractivity contribution in [2.45, 2.75) is 44.7 Å². The molecule has 1 amide bonds. The Labute approximate surface area is 194 Å². The molecule has 8 nitrogen and oxygen atoms in total.